The minimum atomic E-state index is -0.170. The van der Waals surface area contributed by atoms with Crippen molar-refractivity contribution in [1.29, 1.82) is 0 Å². The van der Waals surface area contributed by atoms with Crippen molar-refractivity contribution in [2.75, 3.05) is 32.2 Å². The molecule has 1 aromatic heterocycles. The van der Waals surface area contributed by atoms with Crippen molar-refractivity contribution in [3.8, 4) is 11.5 Å². The average Bonchev–Trinajstić information content (AvgIpc) is 2.75. The Morgan fingerprint density at radius 3 is 2.50 bits per heavy atom. The van der Waals surface area contributed by atoms with Gasteiger partial charge in [-0.05, 0) is 48.2 Å². The van der Waals surface area contributed by atoms with E-state index in [4.69, 9.17) is 9.47 Å². The van der Waals surface area contributed by atoms with E-state index in [0.29, 0.717) is 18.8 Å². The van der Waals surface area contributed by atoms with Gasteiger partial charge >= 0.3 is 0 Å². The van der Waals surface area contributed by atoms with Crippen LogP contribution in [0.25, 0.3) is 0 Å². The van der Waals surface area contributed by atoms with Crippen LogP contribution >= 0.6 is 0 Å². The van der Waals surface area contributed by atoms with Crippen molar-refractivity contribution >= 4 is 11.7 Å². The van der Waals surface area contributed by atoms with E-state index < -0.39 is 0 Å². The molecule has 1 aromatic carbocycles. The third-order valence-corrected chi connectivity index (χ3v) is 4.99. The van der Waals surface area contributed by atoms with Gasteiger partial charge in [0.1, 0.15) is 0 Å². The van der Waals surface area contributed by atoms with Gasteiger partial charge in [-0.3, -0.25) is 4.79 Å². The van der Waals surface area contributed by atoms with Crippen molar-refractivity contribution in [3.63, 3.8) is 0 Å². The number of anilines is 1. The summed E-state index contributed by atoms with van der Waals surface area (Å²) in [5.74, 6) is 2.08. The summed E-state index contributed by atoms with van der Waals surface area (Å²) in [5, 5.41) is 11.3. The van der Waals surface area contributed by atoms with Crippen molar-refractivity contribution < 1.29 is 14.3 Å². The zero-order valence-electron chi connectivity index (χ0n) is 16.8. The summed E-state index contributed by atoms with van der Waals surface area (Å²) in [7, 11) is 3.29. The minimum absolute atomic E-state index is 0.170. The second-order valence-corrected chi connectivity index (χ2v) is 6.89. The molecule has 0 fully saturated rings. The molecular formula is C21H28N4O3. The number of carbonyl (C=O) groups excluding carboxylic acids is 1. The minimum Gasteiger partial charge on any atom is -0.493 e. The Hall–Kier alpha value is -2.83. The molecule has 0 radical (unpaired) electrons. The Morgan fingerprint density at radius 1 is 1.11 bits per heavy atom. The second kappa shape index (κ2) is 9.39. The van der Waals surface area contributed by atoms with E-state index >= 15 is 0 Å². The van der Waals surface area contributed by atoms with Crippen LogP contribution in [-0.4, -0.2) is 43.4 Å². The normalized spacial score (nSPS) is 13.0. The summed E-state index contributed by atoms with van der Waals surface area (Å²) in [6.07, 6.45) is 4.10. The maximum atomic E-state index is 12.1. The van der Waals surface area contributed by atoms with Crippen LogP contribution in [0.5, 0.6) is 11.5 Å². The van der Waals surface area contributed by atoms with Gasteiger partial charge in [-0.1, -0.05) is 19.8 Å². The third-order valence-electron chi connectivity index (χ3n) is 4.99. The Bertz CT molecular complexity index is 808. The quantitative estimate of drug-likeness (QED) is 0.705. The molecule has 0 saturated heterocycles. The first-order valence-corrected chi connectivity index (χ1v) is 9.77. The highest BCUT2D eigenvalue weighted by Crippen LogP contribution is 2.34. The molecule has 3 rings (SSSR count). The molecule has 28 heavy (non-hydrogen) atoms. The number of nitrogens with one attached hydrogen (secondary N) is 1. The van der Waals surface area contributed by atoms with Crippen molar-refractivity contribution in [2.45, 2.75) is 39.2 Å². The number of ether oxygens (including phenoxy) is 2. The largest absolute Gasteiger partial charge is 0.493 e. The van der Waals surface area contributed by atoms with Crippen LogP contribution < -0.4 is 19.7 Å². The Labute approximate surface area is 166 Å². The van der Waals surface area contributed by atoms with E-state index in [1.165, 1.54) is 11.1 Å². The smallest absolute Gasteiger partial charge is 0.271 e. The van der Waals surface area contributed by atoms with Crippen LogP contribution in [0.3, 0.4) is 0 Å². The lowest BCUT2D eigenvalue weighted by Gasteiger charge is -2.30. The molecule has 7 heteroatoms. The lowest BCUT2D eigenvalue weighted by atomic mass is 9.99. The summed E-state index contributed by atoms with van der Waals surface area (Å²) in [6, 6.07) is 7.66. The molecule has 1 aliphatic heterocycles. The predicted molar refractivity (Wildman–Crippen MR) is 108 cm³/mol. The molecule has 0 spiro atoms. The van der Waals surface area contributed by atoms with Crippen LogP contribution in [0.15, 0.2) is 24.3 Å². The molecule has 1 aliphatic rings. The van der Waals surface area contributed by atoms with Crippen LogP contribution in [-0.2, 0) is 13.0 Å². The predicted octanol–water partition coefficient (Wildman–Crippen LogP) is 2.98. The summed E-state index contributed by atoms with van der Waals surface area (Å²) in [4.78, 5) is 14.3. The van der Waals surface area contributed by atoms with Gasteiger partial charge in [0.2, 0.25) is 0 Å². The second-order valence-electron chi connectivity index (χ2n) is 6.89. The first-order chi connectivity index (χ1) is 13.7. The summed E-state index contributed by atoms with van der Waals surface area (Å²) < 4.78 is 10.8. The lowest BCUT2D eigenvalue weighted by molar-refractivity contribution is 0.0947. The monoisotopic (exact) mass is 384 g/mol. The van der Waals surface area contributed by atoms with Crippen molar-refractivity contribution in [3.05, 3.63) is 41.1 Å². The molecule has 0 aliphatic carbocycles. The number of fused-ring (bicyclic) bond motifs is 1. The molecule has 7 nitrogen and oxygen atoms in total. The SMILES string of the molecule is CCCCCNC(=O)c1ccc(N2CCc3cc(OC)c(OC)cc3C2)nn1. The molecule has 0 bridgehead atoms. The van der Waals surface area contributed by atoms with Crippen molar-refractivity contribution in [2.24, 2.45) is 0 Å². The van der Waals surface area contributed by atoms with Crippen molar-refractivity contribution in [1.82, 2.24) is 15.5 Å². The number of hydrogen-bond acceptors (Lipinski definition) is 6. The van der Waals surface area contributed by atoms with E-state index in [0.717, 1.165) is 49.5 Å². The van der Waals surface area contributed by atoms with Gasteiger partial charge in [-0.15, -0.1) is 10.2 Å². The zero-order chi connectivity index (χ0) is 19.9. The number of hydrogen-bond donors (Lipinski definition) is 1. The number of unbranched alkanes of at least 4 members (excludes halogenated alkanes) is 2. The highest BCUT2D eigenvalue weighted by molar-refractivity contribution is 5.92. The van der Waals surface area contributed by atoms with Gasteiger partial charge in [0.15, 0.2) is 23.0 Å². The first kappa shape index (κ1) is 19.9. The summed E-state index contributed by atoms with van der Waals surface area (Å²) in [6.45, 7) is 4.36. The molecule has 1 amide bonds. The highest BCUT2D eigenvalue weighted by Gasteiger charge is 2.21. The van der Waals surface area contributed by atoms with Gasteiger partial charge in [0.25, 0.3) is 5.91 Å². The topological polar surface area (TPSA) is 76.6 Å². The number of amides is 1. The van der Waals surface area contributed by atoms with E-state index in [2.05, 4.69) is 27.3 Å². The number of carbonyl (C=O) groups is 1. The van der Waals surface area contributed by atoms with Crippen LogP contribution in [0.4, 0.5) is 5.82 Å². The summed E-state index contributed by atoms with van der Waals surface area (Å²) in [5.41, 5.74) is 2.79. The van der Waals surface area contributed by atoms with E-state index in [1.54, 1.807) is 20.3 Å². The molecule has 0 unspecified atom stereocenters. The van der Waals surface area contributed by atoms with E-state index in [1.807, 2.05) is 18.2 Å². The Balaban J connectivity index is 1.66. The molecule has 0 atom stereocenters. The van der Waals surface area contributed by atoms with Crippen LogP contribution in [0, 0.1) is 0 Å². The summed E-state index contributed by atoms with van der Waals surface area (Å²) >= 11 is 0. The number of benzene rings is 1. The molecule has 2 heterocycles. The lowest BCUT2D eigenvalue weighted by Crippen LogP contribution is -2.32. The Kier molecular flexibility index (Phi) is 6.68. The highest BCUT2D eigenvalue weighted by atomic mass is 16.5. The number of aromatic nitrogens is 2. The maximum Gasteiger partial charge on any atom is 0.271 e. The fourth-order valence-electron chi connectivity index (χ4n) is 3.36. The van der Waals surface area contributed by atoms with Crippen LogP contribution in [0.1, 0.15) is 47.8 Å². The van der Waals surface area contributed by atoms with Gasteiger partial charge in [-0.2, -0.15) is 0 Å². The third kappa shape index (κ3) is 4.52. The first-order valence-electron chi connectivity index (χ1n) is 9.77. The fraction of sp³-hybridized carbons (Fsp3) is 0.476. The molecule has 2 aromatic rings. The van der Waals surface area contributed by atoms with Gasteiger partial charge in [0.05, 0.1) is 14.2 Å². The van der Waals surface area contributed by atoms with E-state index in [9.17, 15) is 4.79 Å². The zero-order valence-corrected chi connectivity index (χ0v) is 16.8. The van der Waals surface area contributed by atoms with E-state index in [-0.39, 0.29) is 5.91 Å². The average molecular weight is 384 g/mol. The van der Waals surface area contributed by atoms with Crippen LogP contribution in [0.2, 0.25) is 0 Å². The fourth-order valence-corrected chi connectivity index (χ4v) is 3.36. The number of nitrogens with zero attached hydrogens (tertiary/aromatic N) is 3. The number of methoxy groups -OCH3 is 2. The maximum absolute atomic E-state index is 12.1. The van der Waals surface area contributed by atoms with Gasteiger partial charge < -0.3 is 19.7 Å². The number of rotatable bonds is 8. The Morgan fingerprint density at radius 2 is 1.86 bits per heavy atom. The molecule has 150 valence electrons. The molecular weight excluding hydrogens is 356 g/mol. The van der Waals surface area contributed by atoms with Gasteiger partial charge in [0, 0.05) is 19.6 Å². The molecule has 0 saturated carbocycles. The standard InChI is InChI=1S/C21H28N4O3/c1-4-5-6-10-22-21(26)17-7-8-20(24-23-17)25-11-9-15-12-18(27-2)19(28-3)13-16(15)14-25/h7-8,12-13H,4-6,9-11,14H2,1-3H3,(H,22,26). The van der Waals surface area contributed by atoms with Gasteiger partial charge in [-0.25, -0.2) is 0 Å². The molecule has 1 N–H and O–H groups in total.